The summed E-state index contributed by atoms with van der Waals surface area (Å²) in [7, 11) is 0. The van der Waals surface area contributed by atoms with Gasteiger partial charge in [0.1, 0.15) is 0 Å². The fourth-order valence-corrected chi connectivity index (χ4v) is 4.09. The van der Waals surface area contributed by atoms with Gasteiger partial charge in [-0.05, 0) is 29.7 Å². The molecule has 1 aliphatic rings. The van der Waals surface area contributed by atoms with E-state index in [1.54, 1.807) is 0 Å². The van der Waals surface area contributed by atoms with E-state index in [4.69, 9.17) is 4.98 Å². The number of fused-ring (bicyclic) bond motifs is 1. The maximum atomic E-state index is 13.2. The van der Waals surface area contributed by atoms with E-state index < -0.39 is 0 Å². The van der Waals surface area contributed by atoms with Crippen LogP contribution in [-0.4, -0.2) is 29.4 Å². The number of piperidine rings is 1. The molecule has 2 heterocycles. The van der Waals surface area contributed by atoms with Crippen molar-refractivity contribution in [3.63, 3.8) is 0 Å². The highest BCUT2D eigenvalue weighted by Gasteiger charge is 2.22. The zero-order chi connectivity index (χ0) is 21.9. The minimum Gasteiger partial charge on any atom is -0.354 e. The summed E-state index contributed by atoms with van der Waals surface area (Å²) in [5.41, 5.74) is 5.37. The molecule has 2 amide bonds. The Kier molecular flexibility index (Phi) is 5.38. The van der Waals surface area contributed by atoms with Gasteiger partial charge in [0.15, 0.2) is 0 Å². The average molecular weight is 422 g/mol. The number of para-hydroxylation sites is 1. The van der Waals surface area contributed by atoms with Crippen molar-refractivity contribution in [1.82, 2.24) is 15.6 Å². The van der Waals surface area contributed by atoms with Crippen LogP contribution in [0.1, 0.15) is 23.2 Å². The molecule has 4 aromatic rings. The van der Waals surface area contributed by atoms with Crippen molar-refractivity contribution in [2.24, 2.45) is 0 Å². The molecule has 0 bridgehead atoms. The van der Waals surface area contributed by atoms with Crippen LogP contribution in [0.15, 0.2) is 84.9 Å². The Hall–Kier alpha value is -3.99. The summed E-state index contributed by atoms with van der Waals surface area (Å²) in [6.07, 6.45) is 1.08. The molecule has 0 radical (unpaired) electrons. The third-order valence-electron chi connectivity index (χ3n) is 5.85. The van der Waals surface area contributed by atoms with Crippen LogP contribution in [0.4, 0.5) is 0 Å². The van der Waals surface area contributed by atoms with Gasteiger partial charge in [-0.3, -0.25) is 9.59 Å². The van der Waals surface area contributed by atoms with Gasteiger partial charge in [0.2, 0.25) is 5.91 Å². The summed E-state index contributed by atoms with van der Waals surface area (Å²) >= 11 is 0. The van der Waals surface area contributed by atoms with E-state index in [0.29, 0.717) is 24.9 Å². The Morgan fingerprint density at radius 2 is 1.56 bits per heavy atom. The summed E-state index contributed by atoms with van der Waals surface area (Å²) < 4.78 is 0. The second-order valence-electron chi connectivity index (χ2n) is 8.03. The fourth-order valence-electron chi connectivity index (χ4n) is 4.09. The van der Waals surface area contributed by atoms with Crippen LogP contribution in [0.5, 0.6) is 0 Å². The first kappa shape index (κ1) is 19.9. The molecular weight excluding hydrogens is 398 g/mol. The van der Waals surface area contributed by atoms with Crippen molar-refractivity contribution in [2.75, 3.05) is 6.54 Å². The summed E-state index contributed by atoms with van der Waals surface area (Å²) in [5.74, 6) is -0.113. The molecule has 1 aliphatic heterocycles. The highest BCUT2D eigenvalue weighted by Crippen LogP contribution is 2.27. The van der Waals surface area contributed by atoms with Crippen LogP contribution in [-0.2, 0) is 4.79 Å². The normalized spacial score (nSPS) is 15.9. The molecule has 1 fully saturated rings. The third-order valence-corrected chi connectivity index (χ3v) is 5.85. The molecule has 158 valence electrons. The predicted octanol–water partition coefficient (Wildman–Crippen LogP) is 4.58. The molecule has 1 atom stereocenters. The molecule has 0 aliphatic carbocycles. The van der Waals surface area contributed by atoms with Crippen molar-refractivity contribution in [1.29, 1.82) is 0 Å². The Bertz CT molecular complexity index is 1270. The lowest BCUT2D eigenvalue weighted by atomic mass is 10.00. The van der Waals surface area contributed by atoms with Crippen molar-refractivity contribution < 1.29 is 9.59 Å². The van der Waals surface area contributed by atoms with Gasteiger partial charge in [-0.15, -0.1) is 0 Å². The third kappa shape index (κ3) is 4.10. The smallest absolute Gasteiger partial charge is 0.252 e. The summed E-state index contributed by atoms with van der Waals surface area (Å²) in [6.45, 7) is 0.460. The number of amides is 2. The Morgan fingerprint density at radius 1 is 0.875 bits per heavy atom. The van der Waals surface area contributed by atoms with Gasteiger partial charge in [-0.2, -0.15) is 0 Å². The number of hydrogen-bond acceptors (Lipinski definition) is 3. The van der Waals surface area contributed by atoms with Crippen molar-refractivity contribution in [2.45, 2.75) is 18.9 Å². The van der Waals surface area contributed by atoms with E-state index in [1.165, 1.54) is 0 Å². The number of nitrogens with zero attached hydrogens (tertiary/aromatic N) is 1. The van der Waals surface area contributed by atoms with Crippen LogP contribution in [0, 0.1) is 0 Å². The van der Waals surface area contributed by atoms with Gasteiger partial charge >= 0.3 is 0 Å². The second-order valence-corrected chi connectivity index (χ2v) is 8.03. The van der Waals surface area contributed by atoms with Crippen LogP contribution in [0.25, 0.3) is 33.3 Å². The largest absolute Gasteiger partial charge is 0.354 e. The van der Waals surface area contributed by atoms with Crippen molar-refractivity contribution in [3.05, 3.63) is 90.5 Å². The Balaban J connectivity index is 1.48. The summed E-state index contributed by atoms with van der Waals surface area (Å²) in [4.78, 5) is 29.4. The highest BCUT2D eigenvalue weighted by atomic mass is 16.2. The number of aromatic nitrogens is 1. The van der Waals surface area contributed by atoms with E-state index >= 15 is 0 Å². The van der Waals surface area contributed by atoms with E-state index in [0.717, 1.165) is 33.3 Å². The topological polar surface area (TPSA) is 71.1 Å². The van der Waals surface area contributed by atoms with Gasteiger partial charge < -0.3 is 10.6 Å². The number of carbonyl (C=O) groups excluding carboxylic acids is 2. The molecule has 2 N–H and O–H groups in total. The minimum absolute atomic E-state index is 0.0334. The Labute approximate surface area is 186 Å². The fraction of sp³-hybridized carbons (Fsp3) is 0.148. The first-order valence-corrected chi connectivity index (χ1v) is 10.8. The van der Waals surface area contributed by atoms with Crippen LogP contribution < -0.4 is 10.6 Å². The van der Waals surface area contributed by atoms with Crippen molar-refractivity contribution in [3.8, 4) is 22.4 Å². The SMILES string of the molecule is O=C1CCC(NC(=O)c2cc(-c3ccc(-c4ccccc4)cc3)nc3ccccc23)CN1. The van der Waals surface area contributed by atoms with Crippen LogP contribution in [0.3, 0.4) is 0 Å². The summed E-state index contributed by atoms with van der Waals surface area (Å²) in [6, 6.07) is 27.9. The molecule has 1 saturated heterocycles. The van der Waals surface area contributed by atoms with Gasteiger partial charge in [0.25, 0.3) is 5.91 Å². The molecule has 5 nitrogen and oxygen atoms in total. The zero-order valence-corrected chi connectivity index (χ0v) is 17.5. The zero-order valence-electron chi connectivity index (χ0n) is 17.5. The van der Waals surface area contributed by atoms with E-state index in [2.05, 4.69) is 34.9 Å². The van der Waals surface area contributed by atoms with Gasteiger partial charge in [0, 0.05) is 30.0 Å². The lowest BCUT2D eigenvalue weighted by Gasteiger charge is -2.23. The first-order valence-electron chi connectivity index (χ1n) is 10.8. The number of carbonyl (C=O) groups is 2. The second kappa shape index (κ2) is 8.63. The minimum atomic E-state index is -0.146. The van der Waals surface area contributed by atoms with Gasteiger partial charge in [-0.1, -0.05) is 72.8 Å². The maximum Gasteiger partial charge on any atom is 0.252 e. The lowest BCUT2D eigenvalue weighted by molar-refractivity contribution is -0.122. The van der Waals surface area contributed by atoms with Gasteiger partial charge in [0.05, 0.1) is 16.8 Å². The molecule has 3 aromatic carbocycles. The highest BCUT2D eigenvalue weighted by molar-refractivity contribution is 6.07. The van der Waals surface area contributed by atoms with Crippen LogP contribution in [0.2, 0.25) is 0 Å². The predicted molar refractivity (Wildman–Crippen MR) is 126 cm³/mol. The standard InChI is InChI=1S/C27H23N3O2/c31-26-15-14-21(17-28-26)29-27(32)23-16-25(30-24-9-5-4-8-22(23)24)20-12-10-19(11-13-20)18-6-2-1-3-7-18/h1-13,16,21H,14-15,17H2,(H,28,31)(H,29,32). The molecular formula is C27H23N3O2. The van der Waals surface area contributed by atoms with Crippen LogP contribution >= 0.6 is 0 Å². The number of pyridine rings is 1. The molecule has 0 saturated carbocycles. The van der Waals surface area contributed by atoms with Crippen molar-refractivity contribution >= 4 is 22.7 Å². The molecule has 32 heavy (non-hydrogen) atoms. The number of rotatable bonds is 4. The average Bonchev–Trinajstić information content (AvgIpc) is 2.85. The molecule has 1 aromatic heterocycles. The first-order chi connectivity index (χ1) is 15.7. The van der Waals surface area contributed by atoms with E-state index in [1.807, 2.05) is 60.7 Å². The number of nitrogens with one attached hydrogen (secondary N) is 2. The van der Waals surface area contributed by atoms with E-state index in [9.17, 15) is 9.59 Å². The molecule has 5 heteroatoms. The maximum absolute atomic E-state index is 13.2. The quantitative estimate of drug-likeness (QED) is 0.507. The molecule has 5 rings (SSSR count). The monoisotopic (exact) mass is 421 g/mol. The van der Waals surface area contributed by atoms with Gasteiger partial charge in [-0.25, -0.2) is 4.98 Å². The van der Waals surface area contributed by atoms with E-state index in [-0.39, 0.29) is 17.9 Å². The lowest BCUT2D eigenvalue weighted by Crippen LogP contribution is -2.47. The Morgan fingerprint density at radius 3 is 2.31 bits per heavy atom. The molecule has 1 unspecified atom stereocenters. The number of benzene rings is 3. The summed E-state index contributed by atoms with van der Waals surface area (Å²) in [5, 5.41) is 6.71. The number of hydrogen-bond donors (Lipinski definition) is 2. The molecule has 0 spiro atoms.